The molecule has 11 aromatic rings. The normalized spacial score (nSPS) is 12.0. The van der Waals surface area contributed by atoms with Crippen molar-refractivity contribution in [1.82, 2.24) is 4.57 Å². The lowest BCUT2D eigenvalue weighted by Crippen LogP contribution is -2.10. The number of fused-ring (bicyclic) bond motifs is 11. The van der Waals surface area contributed by atoms with Crippen molar-refractivity contribution in [3.8, 4) is 5.69 Å². The Hall–Kier alpha value is -5.94. The molecule has 0 saturated carbocycles. The maximum atomic E-state index is 2.49. The van der Waals surface area contributed by atoms with E-state index in [1.54, 1.807) is 0 Å². The first-order chi connectivity index (χ1) is 24.8. The summed E-state index contributed by atoms with van der Waals surface area (Å²) in [5, 5.41) is 10.3. The maximum absolute atomic E-state index is 2.49. The fourth-order valence-electron chi connectivity index (χ4n) is 7.95. The lowest BCUT2D eigenvalue weighted by molar-refractivity contribution is 1.18. The van der Waals surface area contributed by atoms with Crippen LogP contribution in [-0.2, 0) is 0 Å². The van der Waals surface area contributed by atoms with Crippen molar-refractivity contribution < 1.29 is 0 Å². The fourth-order valence-corrected chi connectivity index (χ4v) is 10.3. The van der Waals surface area contributed by atoms with Gasteiger partial charge in [0.25, 0.3) is 0 Å². The molecule has 0 spiro atoms. The number of aromatic nitrogens is 1. The van der Waals surface area contributed by atoms with Gasteiger partial charge in [-0.1, -0.05) is 103 Å². The van der Waals surface area contributed by atoms with E-state index in [2.05, 4.69) is 179 Å². The number of hydrogen-bond acceptors (Lipinski definition) is 3. The minimum Gasteiger partial charge on any atom is -0.310 e. The van der Waals surface area contributed by atoms with Crippen LogP contribution in [0.5, 0.6) is 0 Å². The van der Waals surface area contributed by atoms with Gasteiger partial charge >= 0.3 is 0 Å². The van der Waals surface area contributed by atoms with Crippen LogP contribution in [0.15, 0.2) is 170 Å². The molecule has 234 valence electrons. The zero-order chi connectivity index (χ0) is 32.8. The predicted octanol–water partition coefficient (Wildman–Crippen LogP) is 14.1. The molecular weight excluding hydrogens is 645 g/mol. The van der Waals surface area contributed by atoms with Gasteiger partial charge in [-0.2, -0.15) is 0 Å². The highest BCUT2D eigenvalue weighted by Crippen LogP contribution is 2.47. The summed E-state index contributed by atoms with van der Waals surface area (Å²) in [5.41, 5.74) is 7.01. The number of anilines is 3. The highest BCUT2D eigenvalue weighted by atomic mass is 32.1. The van der Waals surface area contributed by atoms with Gasteiger partial charge in [0.2, 0.25) is 0 Å². The van der Waals surface area contributed by atoms with E-state index >= 15 is 0 Å². The van der Waals surface area contributed by atoms with Crippen LogP contribution in [-0.4, -0.2) is 4.57 Å². The molecule has 4 heteroatoms. The molecular formula is C46H28N2S2. The summed E-state index contributed by atoms with van der Waals surface area (Å²) in [6.45, 7) is 0. The molecule has 0 amide bonds. The molecule has 0 N–H and O–H groups in total. The van der Waals surface area contributed by atoms with Gasteiger partial charge < -0.3 is 9.47 Å². The number of hydrogen-bond donors (Lipinski definition) is 0. The number of para-hydroxylation sites is 2. The summed E-state index contributed by atoms with van der Waals surface area (Å²) in [5.74, 6) is 0. The van der Waals surface area contributed by atoms with E-state index in [4.69, 9.17) is 0 Å². The second-order valence-electron chi connectivity index (χ2n) is 12.9. The van der Waals surface area contributed by atoms with Crippen LogP contribution in [0.2, 0.25) is 0 Å². The Balaban J connectivity index is 1.23. The molecule has 0 atom stereocenters. The van der Waals surface area contributed by atoms with Gasteiger partial charge in [0.1, 0.15) is 0 Å². The number of thiophene rings is 2. The van der Waals surface area contributed by atoms with Crippen LogP contribution in [0.3, 0.4) is 0 Å². The molecule has 0 saturated heterocycles. The van der Waals surface area contributed by atoms with E-state index in [0.29, 0.717) is 0 Å². The van der Waals surface area contributed by atoms with Gasteiger partial charge in [0.05, 0.1) is 16.7 Å². The minimum absolute atomic E-state index is 1.15. The lowest BCUT2D eigenvalue weighted by Gasteiger charge is -2.27. The van der Waals surface area contributed by atoms with Gasteiger partial charge in [-0.3, -0.25) is 0 Å². The summed E-state index contributed by atoms with van der Waals surface area (Å²) < 4.78 is 7.68. The molecule has 0 aliphatic heterocycles. The second-order valence-corrected chi connectivity index (χ2v) is 15.1. The Labute approximate surface area is 296 Å². The molecule has 2 nitrogen and oxygen atoms in total. The molecule has 0 unspecified atom stereocenters. The van der Waals surface area contributed by atoms with E-state index in [1.807, 2.05) is 22.7 Å². The molecule has 0 aliphatic rings. The summed E-state index contributed by atoms with van der Waals surface area (Å²) in [4.78, 5) is 2.49. The van der Waals surface area contributed by atoms with Crippen molar-refractivity contribution in [3.63, 3.8) is 0 Å². The summed E-state index contributed by atoms with van der Waals surface area (Å²) >= 11 is 3.76. The third-order valence-corrected chi connectivity index (χ3v) is 12.5. The monoisotopic (exact) mass is 672 g/mol. The quantitative estimate of drug-likeness (QED) is 0.181. The first kappa shape index (κ1) is 28.0. The van der Waals surface area contributed by atoms with Crippen molar-refractivity contribution in [2.45, 2.75) is 0 Å². The van der Waals surface area contributed by atoms with Crippen molar-refractivity contribution >= 4 is 113 Å². The standard InChI is InChI=1S/C46H28N2S2/c1-2-11-30(12-3-1)48-39-16-7-4-15-37(39)45-40(17-10-18-41(45)48)47(32-24-26-35-33-13-5-8-19-42(33)49-44(35)28-32)31-23-21-29-22-25-36-34-14-6-9-20-43(34)50-46(36)38(29)27-31/h1-28H. The first-order valence-electron chi connectivity index (χ1n) is 16.9. The first-order valence-corrected chi connectivity index (χ1v) is 18.6. The third-order valence-electron chi connectivity index (χ3n) is 10.2. The highest BCUT2D eigenvalue weighted by molar-refractivity contribution is 7.26. The van der Waals surface area contributed by atoms with Crippen molar-refractivity contribution in [1.29, 1.82) is 0 Å². The molecule has 3 heterocycles. The Bertz CT molecular complexity index is 3110. The molecule has 8 aromatic carbocycles. The van der Waals surface area contributed by atoms with Gasteiger partial charge in [-0.25, -0.2) is 0 Å². The van der Waals surface area contributed by atoms with Crippen LogP contribution < -0.4 is 4.90 Å². The molecule has 0 radical (unpaired) electrons. The summed E-state index contributed by atoms with van der Waals surface area (Å²) in [7, 11) is 0. The van der Waals surface area contributed by atoms with Crippen LogP contribution in [0.1, 0.15) is 0 Å². The largest absolute Gasteiger partial charge is 0.310 e. The molecule has 0 aliphatic carbocycles. The van der Waals surface area contributed by atoms with E-state index in [1.165, 1.54) is 72.9 Å². The van der Waals surface area contributed by atoms with Crippen LogP contribution in [0.4, 0.5) is 17.1 Å². The smallest absolute Gasteiger partial charge is 0.0562 e. The summed E-state index contributed by atoms with van der Waals surface area (Å²) in [6, 6.07) is 62.5. The zero-order valence-electron chi connectivity index (χ0n) is 26.9. The number of benzene rings is 8. The van der Waals surface area contributed by atoms with E-state index in [0.717, 1.165) is 22.7 Å². The molecule has 0 bridgehead atoms. The predicted molar refractivity (Wildman–Crippen MR) is 219 cm³/mol. The van der Waals surface area contributed by atoms with Crippen LogP contribution >= 0.6 is 22.7 Å². The molecule has 3 aromatic heterocycles. The average Bonchev–Trinajstić information content (AvgIpc) is 3.85. The topological polar surface area (TPSA) is 8.17 Å². The Morgan fingerprint density at radius 3 is 1.88 bits per heavy atom. The van der Waals surface area contributed by atoms with Gasteiger partial charge in [-0.05, 0) is 72.1 Å². The van der Waals surface area contributed by atoms with E-state index < -0.39 is 0 Å². The number of nitrogens with zero attached hydrogens (tertiary/aromatic N) is 2. The Morgan fingerprint density at radius 2 is 1.02 bits per heavy atom. The second kappa shape index (κ2) is 10.8. The SMILES string of the molecule is c1ccc(-n2c3ccccc3c3c(N(c4ccc5c(c4)sc4ccccc45)c4ccc5ccc6c7ccccc7sc6c5c4)cccc32)cc1. The lowest BCUT2D eigenvalue weighted by atomic mass is 10.0. The van der Waals surface area contributed by atoms with E-state index in [9.17, 15) is 0 Å². The zero-order valence-corrected chi connectivity index (χ0v) is 28.5. The molecule has 0 fully saturated rings. The van der Waals surface area contributed by atoms with Gasteiger partial charge in [-0.15, -0.1) is 22.7 Å². The van der Waals surface area contributed by atoms with Crippen molar-refractivity contribution in [3.05, 3.63) is 170 Å². The summed E-state index contributed by atoms with van der Waals surface area (Å²) in [6.07, 6.45) is 0. The van der Waals surface area contributed by atoms with Crippen LogP contribution in [0, 0.1) is 0 Å². The highest BCUT2D eigenvalue weighted by Gasteiger charge is 2.22. The van der Waals surface area contributed by atoms with Crippen molar-refractivity contribution in [2.75, 3.05) is 4.90 Å². The van der Waals surface area contributed by atoms with Gasteiger partial charge in [0, 0.05) is 73.6 Å². The molecule has 50 heavy (non-hydrogen) atoms. The molecule has 11 rings (SSSR count). The third kappa shape index (κ3) is 4.07. The Kier molecular flexibility index (Phi) is 6.03. The maximum Gasteiger partial charge on any atom is 0.0562 e. The fraction of sp³-hybridized carbons (Fsp3) is 0. The number of rotatable bonds is 4. The van der Waals surface area contributed by atoms with Crippen LogP contribution in [0.25, 0.3) is 78.6 Å². The van der Waals surface area contributed by atoms with E-state index in [-0.39, 0.29) is 0 Å². The minimum atomic E-state index is 1.15. The average molecular weight is 673 g/mol. The Morgan fingerprint density at radius 1 is 0.400 bits per heavy atom. The van der Waals surface area contributed by atoms with Gasteiger partial charge in [0.15, 0.2) is 0 Å². The van der Waals surface area contributed by atoms with Crippen molar-refractivity contribution in [2.24, 2.45) is 0 Å².